The molecule has 0 spiro atoms. The average molecular weight is 394 g/mol. The van der Waals surface area contributed by atoms with Gasteiger partial charge in [-0.15, -0.1) is 0 Å². The first kappa shape index (κ1) is 21.2. The molecular formula is C20H32ClN3OSi. The van der Waals surface area contributed by atoms with E-state index >= 15 is 0 Å². The highest BCUT2D eigenvalue weighted by Crippen LogP contribution is 2.39. The molecule has 2 rings (SSSR count). The van der Waals surface area contributed by atoms with Gasteiger partial charge in [0, 0.05) is 11.7 Å². The molecule has 6 heteroatoms. The van der Waals surface area contributed by atoms with E-state index in [9.17, 15) is 0 Å². The van der Waals surface area contributed by atoms with E-state index < -0.39 is 8.32 Å². The molecule has 1 aromatic rings. The van der Waals surface area contributed by atoms with E-state index in [0.717, 1.165) is 24.2 Å². The summed E-state index contributed by atoms with van der Waals surface area (Å²) >= 11 is 6.31. The summed E-state index contributed by atoms with van der Waals surface area (Å²) in [6, 6.07) is 6.28. The van der Waals surface area contributed by atoms with Gasteiger partial charge in [-0.1, -0.05) is 32.4 Å². The monoisotopic (exact) mass is 393 g/mol. The van der Waals surface area contributed by atoms with E-state index in [1.807, 2.05) is 13.0 Å². The summed E-state index contributed by atoms with van der Waals surface area (Å²) in [5, 5.41) is 17.0. The average Bonchev–Trinajstić information content (AvgIpc) is 2.98. The molecule has 0 bridgehead atoms. The van der Waals surface area contributed by atoms with Gasteiger partial charge in [-0.25, -0.2) is 0 Å². The molecule has 0 radical (unpaired) electrons. The molecule has 4 nitrogen and oxygen atoms in total. The van der Waals surface area contributed by atoms with E-state index in [2.05, 4.69) is 57.5 Å². The highest BCUT2D eigenvalue weighted by molar-refractivity contribution is 6.74. The molecule has 1 heterocycles. The van der Waals surface area contributed by atoms with Gasteiger partial charge in [0.25, 0.3) is 0 Å². The molecule has 0 amide bonds. The SMILES string of the molecule is Cc1c(N[C@H](C)[C@H]2NCC[C@H]2O[Si](C)(C)C(C)(C)C)ccc(C#N)c1Cl. The fraction of sp³-hybridized carbons (Fsp3) is 0.650. The topological polar surface area (TPSA) is 57.1 Å². The minimum Gasteiger partial charge on any atom is -0.412 e. The summed E-state index contributed by atoms with van der Waals surface area (Å²) in [6.07, 6.45) is 1.25. The minimum atomic E-state index is -1.81. The standard InChI is InChI=1S/C20H32ClN3OSi/c1-13-16(9-8-15(12-22)18(13)21)24-14(2)19-17(10-11-23-19)25-26(6,7)20(3,4)5/h8-9,14,17,19,23-24H,10-11H2,1-7H3/t14-,17-,19-/m1/s1. The molecule has 0 aliphatic carbocycles. The predicted octanol–water partition coefficient (Wildman–Crippen LogP) is 5.07. The Balaban J connectivity index is 2.13. The van der Waals surface area contributed by atoms with Crippen LogP contribution < -0.4 is 10.6 Å². The van der Waals surface area contributed by atoms with Crippen molar-refractivity contribution >= 4 is 25.6 Å². The maximum absolute atomic E-state index is 9.12. The molecule has 1 aliphatic rings. The van der Waals surface area contributed by atoms with Crippen LogP contribution in [0, 0.1) is 18.3 Å². The van der Waals surface area contributed by atoms with Crippen molar-refractivity contribution in [1.29, 1.82) is 5.26 Å². The van der Waals surface area contributed by atoms with Crippen LogP contribution in [0.25, 0.3) is 0 Å². The lowest BCUT2D eigenvalue weighted by atomic mass is 10.0. The number of nitriles is 1. The molecule has 0 aromatic heterocycles. The van der Waals surface area contributed by atoms with Crippen molar-refractivity contribution in [3.8, 4) is 6.07 Å². The second-order valence-corrected chi connectivity index (χ2v) is 14.0. The number of benzene rings is 1. The largest absolute Gasteiger partial charge is 0.412 e. The summed E-state index contributed by atoms with van der Waals surface area (Å²) in [7, 11) is -1.81. The van der Waals surface area contributed by atoms with Crippen molar-refractivity contribution in [2.75, 3.05) is 11.9 Å². The van der Waals surface area contributed by atoms with Gasteiger partial charge >= 0.3 is 0 Å². The molecule has 3 atom stereocenters. The van der Waals surface area contributed by atoms with Crippen LogP contribution in [0.4, 0.5) is 5.69 Å². The van der Waals surface area contributed by atoms with Crippen molar-refractivity contribution in [2.24, 2.45) is 0 Å². The predicted molar refractivity (Wildman–Crippen MR) is 112 cm³/mol. The maximum Gasteiger partial charge on any atom is 0.192 e. The Labute approximate surface area is 164 Å². The Morgan fingerprint density at radius 1 is 1.38 bits per heavy atom. The lowest BCUT2D eigenvalue weighted by molar-refractivity contribution is 0.159. The van der Waals surface area contributed by atoms with Crippen molar-refractivity contribution in [2.45, 2.75) is 77.4 Å². The van der Waals surface area contributed by atoms with Crippen molar-refractivity contribution in [3.05, 3.63) is 28.3 Å². The first-order valence-electron chi connectivity index (χ1n) is 9.35. The number of nitrogens with one attached hydrogen (secondary N) is 2. The number of halogens is 1. The van der Waals surface area contributed by atoms with Crippen LogP contribution in [-0.2, 0) is 4.43 Å². The van der Waals surface area contributed by atoms with Gasteiger partial charge in [0.1, 0.15) is 6.07 Å². The van der Waals surface area contributed by atoms with Crippen LogP contribution in [-0.4, -0.2) is 33.0 Å². The van der Waals surface area contributed by atoms with Gasteiger partial charge in [0.05, 0.1) is 22.7 Å². The van der Waals surface area contributed by atoms with E-state index in [0.29, 0.717) is 10.6 Å². The zero-order chi connectivity index (χ0) is 19.7. The van der Waals surface area contributed by atoms with Gasteiger partial charge < -0.3 is 15.1 Å². The fourth-order valence-corrected chi connectivity index (χ4v) is 4.73. The maximum atomic E-state index is 9.12. The molecule has 1 saturated heterocycles. The van der Waals surface area contributed by atoms with Crippen LogP contribution in [0.3, 0.4) is 0 Å². The number of rotatable bonds is 5. The van der Waals surface area contributed by atoms with Crippen molar-refractivity contribution < 1.29 is 4.43 Å². The highest BCUT2D eigenvalue weighted by atomic mass is 35.5. The van der Waals surface area contributed by atoms with E-state index in [1.165, 1.54) is 0 Å². The van der Waals surface area contributed by atoms with E-state index in [1.54, 1.807) is 6.07 Å². The third kappa shape index (κ3) is 4.43. The third-order valence-corrected chi connectivity index (χ3v) is 10.9. The van der Waals surface area contributed by atoms with E-state index in [-0.39, 0.29) is 23.2 Å². The smallest absolute Gasteiger partial charge is 0.192 e. The number of nitrogens with zero attached hydrogens (tertiary/aromatic N) is 1. The van der Waals surface area contributed by atoms with Crippen LogP contribution >= 0.6 is 11.6 Å². The minimum absolute atomic E-state index is 0.190. The normalized spacial score (nSPS) is 22.1. The van der Waals surface area contributed by atoms with Gasteiger partial charge in [0.2, 0.25) is 0 Å². The zero-order valence-corrected chi connectivity index (χ0v) is 18.8. The van der Waals surface area contributed by atoms with Crippen LogP contribution in [0.2, 0.25) is 23.2 Å². The second kappa shape index (κ2) is 7.90. The second-order valence-electron chi connectivity index (χ2n) is 8.83. The lowest BCUT2D eigenvalue weighted by Gasteiger charge is -2.40. The molecule has 1 aliphatic heterocycles. The molecular weight excluding hydrogens is 362 g/mol. The van der Waals surface area contributed by atoms with E-state index in [4.69, 9.17) is 21.3 Å². The van der Waals surface area contributed by atoms with Gasteiger partial charge in [0.15, 0.2) is 8.32 Å². The molecule has 2 N–H and O–H groups in total. The summed E-state index contributed by atoms with van der Waals surface area (Å²) in [5.74, 6) is 0. The molecule has 1 fully saturated rings. The van der Waals surface area contributed by atoms with Gasteiger partial charge in [-0.05, 0) is 62.6 Å². The van der Waals surface area contributed by atoms with Gasteiger partial charge in [-0.2, -0.15) is 5.26 Å². The zero-order valence-electron chi connectivity index (χ0n) is 17.0. The van der Waals surface area contributed by atoms with Crippen LogP contribution in [0.5, 0.6) is 0 Å². The summed E-state index contributed by atoms with van der Waals surface area (Å²) in [5.41, 5.74) is 2.40. The van der Waals surface area contributed by atoms with Crippen molar-refractivity contribution in [3.63, 3.8) is 0 Å². The van der Waals surface area contributed by atoms with Crippen LogP contribution in [0.15, 0.2) is 12.1 Å². The lowest BCUT2D eigenvalue weighted by Crippen LogP contribution is -2.51. The summed E-state index contributed by atoms with van der Waals surface area (Å²) in [4.78, 5) is 0. The highest BCUT2D eigenvalue weighted by Gasteiger charge is 2.43. The molecule has 144 valence electrons. The quantitative estimate of drug-likeness (QED) is 0.685. The number of hydrogen-bond acceptors (Lipinski definition) is 4. The number of hydrogen-bond donors (Lipinski definition) is 2. The first-order valence-corrected chi connectivity index (χ1v) is 12.6. The molecule has 0 saturated carbocycles. The summed E-state index contributed by atoms with van der Waals surface area (Å²) in [6.45, 7) is 16.6. The fourth-order valence-electron chi connectivity index (χ4n) is 3.15. The third-order valence-electron chi connectivity index (χ3n) is 5.89. The molecule has 0 unspecified atom stereocenters. The summed E-state index contributed by atoms with van der Waals surface area (Å²) < 4.78 is 6.69. The Kier molecular flexibility index (Phi) is 6.45. The number of anilines is 1. The van der Waals surface area contributed by atoms with Crippen LogP contribution in [0.1, 0.15) is 45.2 Å². The van der Waals surface area contributed by atoms with Gasteiger partial charge in [-0.3, -0.25) is 0 Å². The Hall–Kier alpha value is -1.06. The van der Waals surface area contributed by atoms with Crippen molar-refractivity contribution in [1.82, 2.24) is 5.32 Å². The molecule has 26 heavy (non-hydrogen) atoms. The molecule has 1 aromatic carbocycles. The Bertz CT molecular complexity index is 694. The first-order chi connectivity index (χ1) is 12.0. The Morgan fingerprint density at radius 3 is 2.62 bits per heavy atom. The Morgan fingerprint density at radius 2 is 2.04 bits per heavy atom.